The minimum Gasteiger partial charge on any atom is -0.458 e. The molecule has 2 aromatic heterocycles. The summed E-state index contributed by atoms with van der Waals surface area (Å²) in [5.41, 5.74) is 8.21. The summed E-state index contributed by atoms with van der Waals surface area (Å²) in [6, 6.07) is 9.51. The van der Waals surface area contributed by atoms with E-state index in [-0.39, 0.29) is 5.97 Å². The SMILES string of the molecule is CCCCCCCCCCCCCCN(C)C1CCC(N(CCCCCCCCCCCCCC)CCCCCC(=O)OC(C)(C)Cn2c(CNCC)nc3c(N)nc4ccccc4c32)CC1. The van der Waals surface area contributed by atoms with Crippen LogP contribution in [0.15, 0.2) is 24.3 Å². The predicted octanol–water partition coefficient (Wildman–Crippen LogP) is 15.1. The third-order valence-electron chi connectivity index (χ3n) is 14.9. The molecule has 67 heavy (non-hydrogen) atoms. The maximum Gasteiger partial charge on any atom is 0.306 e. The third kappa shape index (κ3) is 21.8. The Kier molecular flexibility index (Phi) is 28.6. The van der Waals surface area contributed by atoms with E-state index in [2.05, 4.69) is 58.6 Å². The summed E-state index contributed by atoms with van der Waals surface area (Å²) in [5.74, 6) is 1.18. The number of unbranched alkanes of at least 4 members (excludes halogenated alkanes) is 24. The first-order chi connectivity index (χ1) is 32.7. The van der Waals surface area contributed by atoms with E-state index < -0.39 is 5.60 Å². The molecule has 0 radical (unpaired) electrons. The number of rotatable bonds is 40. The van der Waals surface area contributed by atoms with Crippen LogP contribution in [0.25, 0.3) is 21.9 Å². The van der Waals surface area contributed by atoms with Gasteiger partial charge in [0, 0.05) is 23.9 Å². The molecule has 0 spiro atoms. The highest BCUT2D eigenvalue weighted by Crippen LogP contribution is 2.31. The van der Waals surface area contributed by atoms with Crippen molar-refractivity contribution in [1.29, 1.82) is 0 Å². The quantitative estimate of drug-likeness (QED) is 0.0430. The highest BCUT2D eigenvalue weighted by Gasteiger charge is 2.29. The molecule has 0 saturated heterocycles. The van der Waals surface area contributed by atoms with Crippen LogP contribution >= 0.6 is 0 Å². The van der Waals surface area contributed by atoms with Gasteiger partial charge in [0.05, 0.1) is 24.1 Å². The Hall–Kier alpha value is -2.75. The summed E-state index contributed by atoms with van der Waals surface area (Å²) in [7, 11) is 2.40. The van der Waals surface area contributed by atoms with Crippen molar-refractivity contribution < 1.29 is 9.53 Å². The maximum absolute atomic E-state index is 13.4. The van der Waals surface area contributed by atoms with Crippen LogP contribution in [0.2, 0.25) is 0 Å². The molecule has 1 saturated carbocycles. The Labute approximate surface area is 411 Å². The highest BCUT2D eigenvalue weighted by atomic mass is 16.6. The van der Waals surface area contributed by atoms with Crippen molar-refractivity contribution in [3.05, 3.63) is 30.1 Å². The van der Waals surface area contributed by atoms with E-state index in [0.29, 0.717) is 36.9 Å². The molecule has 3 N–H and O–H groups in total. The fraction of sp³-hybridized carbons (Fsp3) is 0.810. The van der Waals surface area contributed by atoms with Crippen molar-refractivity contribution in [3.63, 3.8) is 0 Å². The second kappa shape index (κ2) is 33.7. The number of hydrogen-bond donors (Lipinski definition) is 2. The Bertz CT molecular complexity index is 1730. The number of pyridine rings is 1. The van der Waals surface area contributed by atoms with Gasteiger partial charge >= 0.3 is 5.97 Å². The zero-order chi connectivity index (χ0) is 48.0. The summed E-state index contributed by atoms with van der Waals surface area (Å²) in [6.07, 6.45) is 42.6. The topological polar surface area (TPSA) is 102 Å². The molecule has 9 nitrogen and oxygen atoms in total. The number of hydrogen-bond acceptors (Lipinski definition) is 8. The van der Waals surface area contributed by atoms with Crippen LogP contribution in [0, 0.1) is 0 Å². The zero-order valence-electron chi connectivity index (χ0n) is 44.5. The van der Waals surface area contributed by atoms with E-state index in [1.54, 1.807) is 0 Å². The van der Waals surface area contributed by atoms with Gasteiger partial charge in [-0.3, -0.25) is 4.79 Å². The van der Waals surface area contributed by atoms with Crippen LogP contribution < -0.4 is 11.1 Å². The second-order valence-corrected chi connectivity index (χ2v) is 21.4. The number of para-hydroxylation sites is 1. The van der Waals surface area contributed by atoms with Gasteiger partial charge in [-0.15, -0.1) is 0 Å². The van der Waals surface area contributed by atoms with Gasteiger partial charge in [-0.1, -0.05) is 187 Å². The lowest BCUT2D eigenvalue weighted by molar-refractivity contribution is -0.157. The number of imidazole rings is 1. The summed E-state index contributed by atoms with van der Waals surface area (Å²) >= 11 is 0. The fourth-order valence-electron chi connectivity index (χ4n) is 10.9. The third-order valence-corrected chi connectivity index (χ3v) is 14.9. The molecule has 9 heteroatoms. The summed E-state index contributed by atoms with van der Waals surface area (Å²) in [6.45, 7) is 16.3. The van der Waals surface area contributed by atoms with Crippen molar-refractivity contribution in [2.45, 2.75) is 271 Å². The molecule has 0 unspecified atom stereocenters. The van der Waals surface area contributed by atoms with E-state index in [9.17, 15) is 4.79 Å². The van der Waals surface area contributed by atoms with Gasteiger partial charge < -0.3 is 30.2 Å². The van der Waals surface area contributed by atoms with Crippen molar-refractivity contribution >= 4 is 33.7 Å². The second-order valence-electron chi connectivity index (χ2n) is 21.4. The van der Waals surface area contributed by atoms with Crippen LogP contribution in [0.4, 0.5) is 5.82 Å². The maximum atomic E-state index is 13.4. The molecule has 2 heterocycles. The van der Waals surface area contributed by atoms with Crippen molar-refractivity contribution in [2.24, 2.45) is 0 Å². The lowest BCUT2D eigenvalue weighted by Crippen LogP contribution is -2.44. The van der Waals surface area contributed by atoms with Crippen LogP contribution in [0.3, 0.4) is 0 Å². The van der Waals surface area contributed by atoms with Crippen LogP contribution in [-0.2, 0) is 22.6 Å². The minimum absolute atomic E-state index is 0.118. The number of carbonyl (C=O) groups excluding carboxylic acids is 1. The summed E-state index contributed by atoms with van der Waals surface area (Å²) < 4.78 is 8.42. The molecule has 1 aromatic carbocycles. The van der Waals surface area contributed by atoms with Crippen molar-refractivity contribution in [2.75, 3.05) is 39.0 Å². The number of nitrogens with one attached hydrogen (secondary N) is 1. The molecular formula is C58H103N7O2. The Morgan fingerprint density at radius 1 is 0.672 bits per heavy atom. The largest absolute Gasteiger partial charge is 0.458 e. The summed E-state index contributed by atoms with van der Waals surface area (Å²) in [5, 5.41) is 4.43. The standard InChI is InChI=1S/C58H103N7O2/c1-7-10-12-14-16-18-20-22-24-26-28-34-44-63(6)49-40-42-50(43-41-49)64(45-35-29-27-25-23-21-19-17-15-13-11-8-2)46-36-30-31-39-54(66)67-58(4,5)48-65-53(47-60-9-3)62-55-56(65)51-37-32-33-38-52(51)61-57(55)59/h32-33,37-38,49-50,60H,7-31,34-36,39-48H2,1-6H3,(H2,59,61). The fourth-order valence-corrected chi connectivity index (χ4v) is 10.9. The van der Waals surface area contributed by atoms with Gasteiger partial charge in [-0.05, 0) is 105 Å². The zero-order valence-corrected chi connectivity index (χ0v) is 44.5. The number of nitrogens with two attached hydrogens (primary N) is 1. The summed E-state index contributed by atoms with van der Waals surface area (Å²) in [4.78, 5) is 28.6. The molecular weight excluding hydrogens is 827 g/mol. The average Bonchev–Trinajstić information content (AvgIpc) is 3.68. The first-order valence-electron chi connectivity index (χ1n) is 28.6. The van der Waals surface area contributed by atoms with Gasteiger partial charge in [0.1, 0.15) is 16.9 Å². The first kappa shape index (κ1) is 56.8. The molecule has 4 rings (SSSR count). The number of nitrogen functional groups attached to an aromatic ring is 1. The first-order valence-corrected chi connectivity index (χ1v) is 28.6. The van der Waals surface area contributed by atoms with Gasteiger partial charge in [0.2, 0.25) is 0 Å². The molecule has 3 aromatic rings. The smallest absolute Gasteiger partial charge is 0.306 e. The van der Waals surface area contributed by atoms with Crippen molar-refractivity contribution in [1.82, 2.24) is 29.7 Å². The van der Waals surface area contributed by atoms with Crippen LogP contribution in [0.5, 0.6) is 0 Å². The van der Waals surface area contributed by atoms with E-state index >= 15 is 0 Å². The molecule has 0 atom stereocenters. The number of ether oxygens (including phenoxy) is 1. The normalized spacial score (nSPS) is 15.8. The number of esters is 1. The van der Waals surface area contributed by atoms with Gasteiger partial charge in [-0.2, -0.15) is 0 Å². The molecule has 382 valence electrons. The molecule has 0 bridgehead atoms. The molecule has 1 fully saturated rings. The van der Waals surface area contributed by atoms with E-state index in [0.717, 1.165) is 60.6 Å². The molecule has 0 amide bonds. The van der Waals surface area contributed by atoms with Gasteiger partial charge in [-0.25, -0.2) is 9.97 Å². The van der Waals surface area contributed by atoms with Crippen LogP contribution in [-0.4, -0.2) is 81.2 Å². The number of aromatic nitrogens is 3. The number of anilines is 1. The molecule has 0 aliphatic heterocycles. The van der Waals surface area contributed by atoms with Gasteiger partial charge in [0.25, 0.3) is 0 Å². The predicted molar refractivity (Wildman–Crippen MR) is 288 cm³/mol. The number of benzene rings is 1. The van der Waals surface area contributed by atoms with Crippen LogP contribution in [0.1, 0.15) is 246 Å². The highest BCUT2D eigenvalue weighted by molar-refractivity contribution is 6.06. The average molecular weight is 931 g/mol. The van der Waals surface area contributed by atoms with Gasteiger partial charge in [0.15, 0.2) is 5.82 Å². The Morgan fingerprint density at radius 2 is 1.15 bits per heavy atom. The van der Waals surface area contributed by atoms with E-state index in [4.69, 9.17) is 15.5 Å². The molecule has 1 aliphatic carbocycles. The monoisotopic (exact) mass is 930 g/mol. The van der Waals surface area contributed by atoms with E-state index in [1.807, 2.05) is 32.0 Å². The van der Waals surface area contributed by atoms with Crippen molar-refractivity contribution in [3.8, 4) is 0 Å². The lowest BCUT2D eigenvalue weighted by atomic mass is 9.88. The number of carbonyl (C=O) groups is 1. The Morgan fingerprint density at radius 3 is 1.69 bits per heavy atom. The minimum atomic E-state index is -0.727. The molecule has 1 aliphatic rings. The number of nitrogens with zero attached hydrogens (tertiary/aromatic N) is 5. The number of fused-ring (bicyclic) bond motifs is 3. The van der Waals surface area contributed by atoms with E-state index in [1.165, 1.54) is 193 Å². The Balaban J connectivity index is 1.20. The lowest BCUT2D eigenvalue weighted by Gasteiger charge is -2.40.